The third kappa shape index (κ3) is 0.509. The van der Waals surface area contributed by atoms with Crippen LogP contribution in [-0.2, 0) is 14.2 Å². The van der Waals surface area contributed by atoms with Crippen LogP contribution in [0.3, 0.4) is 0 Å². The van der Waals surface area contributed by atoms with Crippen LogP contribution in [0.25, 0.3) is 0 Å². The summed E-state index contributed by atoms with van der Waals surface area (Å²) in [4.78, 5) is 0. The molecule has 3 fully saturated rings. The highest BCUT2D eigenvalue weighted by molar-refractivity contribution is 5.03. The van der Waals surface area contributed by atoms with E-state index in [0.29, 0.717) is 6.61 Å². The molecule has 3 aliphatic heterocycles. The van der Waals surface area contributed by atoms with Crippen LogP contribution in [0.4, 0.5) is 0 Å². The van der Waals surface area contributed by atoms with Crippen LogP contribution >= 0.6 is 0 Å². The van der Waals surface area contributed by atoms with E-state index in [1.54, 1.807) is 0 Å². The summed E-state index contributed by atoms with van der Waals surface area (Å²) in [7, 11) is 0. The van der Waals surface area contributed by atoms with E-state index in [0.717, 1.165) is 0 Å². The summed E-state index contributed by atoms with van der Waals surface area (Å²) < 4.78 is 15.6. The van der Waals surface area contributed by atoms with Gasteiger partial charge in [0, 0.05) is 0 Å². The third-order valence-electron chi connectivity index (χ3n) is 2.28. The van der Waals surface area contributed by atoms with E-state index in [1.165, 1.54) is 0 Å². The molecule has 0 amide bonds. The quantitative estimate of drug-likeness (QED) is 0.437. The minimum atomic E-state index is -0.566. The van der Waals surface area contributed by atoms with Gasteiger partial charge in [-0.2, -0.15) is 0 Å². The van der Waals surface area contributed by atoms with Crippen LogP contribution in [0.2, 0.25) is 0 Å². The Morgan fingerprint density at radius 3 is 3.00 bits per heavy atom. The van der Waals surface area contributed by atoms with Crippen molar-refractivity contribution in [1.82, 2.24) is 0 Å². The highest BCUT2D eigenvalue weighted by Crippen LogP contribution is 2.41. The Morgan fingerprint density at radius 1 is 1.20 bits per heavy atom. The standard InChI is InChI=1S/C6H8O4/c7-3-5-4(10-5)2-1-8-6(3)9-2/h2-7H,1H2/t2-,3+,4+,5+,6-/m1/s1. The second-order valence-corrected chi connectivity index (χ2v) is 2.93. The normalized spacial score (nSPS) is 63.9. The molecule has 3 rings (SSSR count). The first-order valence-electron chi connectivity index (χ1n) is 3.47. The van der Waals surface area contributed by atoms with Crippen LogP contribution in [0.1, 0.15) is 0 Å². The fraction of sp³-hybridized carbons (Fsp3) is 1.00. The summed E-state index contributed by atoms with van der Waals surface area (Å²) in [6.45, 7) is 0.572. The fourth-order valence-electron chi connectivity index (χ4n) is 1.66. The van der Waals surface area contributed by atoms with Gasteiger partial charge >= 0.3 is 0 Å². The first-order chi connectivity index (χ1) is 4.86. The molecule has 0 aromatic heterocycles. The van der Waals surface area contributed by atoms with Crippen molar-refractivity contribution in [2.24, 2.45) is 0 Å². The summed E-state index contributed by atoms with van der Waals surface area (Å²) in [5.41, 5.74) is 0. The Labute approximate surface area is 57.7 Å². The molecule has 3 aliphatic rings. The van der Waals surface area contributed by atoms with Gasteiger partial charge in [-0.1, -0.05) is 0 Å². The van der Waals surface area contributed by atoms with Crippen molar-refractivity contribution in [3.63, 3.8) is 0 Å². The number of ether oxygens (including phenoxy) is 3. The molecule has 2 bridgehead atoms. The number of hydrogen-bond acceptors (Lipinski definition) is 4. The number of fused-ring (bicyclic) bond motifs is 4. The Hall–Kier alpha value is -0.160. The van der Waals surface area contributed by atoms with E-state index in [1.807, 2.05) is 0 Å². The molecule has 0 spiro atoms. The molecule has 3 heterocycles. The van der Waals surface area contributed by atoms with Crippen LogP contribution < -0.4 is 0 Å². The van der Waals surface area contributed by atoms with Crippen molar-refractivity contribution in [2.45, 2.75) is 30.7 Å². The lowest BCUT2D eigenvalue weighted by Crippen LogP contribution is -2.39. The minimum absolute atomic E-state index is 0.00810. The molecule has 0 radical (unpaired) electrons. The highest BCUT2D eigenvalue weighted by atomic mass is 16.8. The summed E-state index contributed by atoms with van der Waals surface area (Å²) in [6, 6.07) is 0. The first kappa shape index (κ1) is 5.49. The molecule has 5 atom stereocenters. The first-order valence-corrected chi connectivity index (χ1v) is 3.47. The maximum atomic E-state index is 9.33. The molecule has 4 nitrogen and oxygen atoms in total. The molecule has 0 aromatic rings. The van der Waals surface area contributed by atoms with E-state index >= 15 is 0 Å². The Bertz CT molecular complexity index is 169. The minimum Gasteiger partial charge on any atom is -0.385 e. The molecular formula is C6H8O4. The van der Waals surface area contributed by atoms with E-state index in [2.05, 4.69) is 0 Å². The van der Waals surface area contributed by atoms with E-state index in [9.17, 15) is 5.11 Å². The molecule has 3 saturated heterocycles. The number of epoxide rings is 1. The van der Waals surface area contributed by atoms with Gasteiger partial charge in [-0.3, -0.25) is 0 Å². The van der Waals surface area contributed by atoms with Crippen molar-refractivity contribution in [3.8, 4) is 0 Å². The Balaban J connectivity index is 1.91. The monoisotopic (exact) mass is 144 g/mol. The predicted octanol–water partition coefficient (Wildman–Crippen LogP) is -1.13. The van der Waals surface area contributed by atoms with Gasteiger partial charge in [-0.05, 0) is 0 Å². The molecular weight excluding hydrogens is 136 g/mol. The molecule has 56 valence electrons. The lowest BCUT2D eigenvalue weighted by molar-refractivity contribution is -0.143. The van der Waals surface area contributed by atoms with Crippen molar-refractivity contribution < 1.29 is 19.3 Å². The Morgan fingerprint density at radius 2 is 2.10 bits per heavy atom. The molecule has 0 aliphatic carbocycles. The smallest absolute Gasteiger partial charge is 0.186 e. The molecule has 0 saturated carbocycles. The van der Waals surface area contributed by atoms with E-state index in [-0.39, 0.29) is 18.3 Å². The number of hydrogen-bond donors (Lipinski definition) is 1. The third-order valence-corrected chi connectivity index (χ3v) is 2.28. The van der Waals surface area contributed by atoms with E-state index < -0.39 is 12.4 Å². The molecule has 4 heteroatoms. The van der Waals surface area contributed by atoms with Crippen LogP contribution in [-0.4, -0.2) is 42.4 Å². The number of rotatable bonds is 0. The Kier molecular flexibility index (Phi) is 0.840. The summed E-state index contributed by atoms with van der Waals surface area (Å²) in [5, 5.41) is 9.33. The lowest BCUT2D eigenvalue weighted by Gasteiger charge is -2.18. The SMILES string of the molecule is O[C@@H]1[C@@H]2OC[C@@H](O2)[C@@H]2O[C@@H]12. The maximum absolute atomic E-state index is 9.33. The topological polar surface area (TPSA) is 51.2 Å². The van der Waals surface area contributed by atoms with Crippen molar-refractivity contribution in [1.29, 1.82) is 0 Å². The van der Waals surface area contributed by atoms with Gasteiger partial charge in [0.15, 0.2) is 6.29 Å². The van der Waals surface area contributed by atoms with E-state index in [4.69, 9.17) is 14.2 Å². The van der Waals surface area contributed by atoms with Gasteiger partial charge < -0.3 is 19.3 Å². The zero-order valence-electron chi connectivity index (χ0n) is 5.27. The largest absolute Gasteiger partial charge is 0.385 e. The summed E-state index contributed by atoms with van der Waals surface area (Å²) in [6.07, 6.45) is -0.809. The maximum Gasteiger partial charge on any atom is 0.186 e. The summed E-state index contributed by atoms with van der Waals surface area (Å²) in [5.74, 6) is 0. The zero-order valence-corrected chi connectivity index (χ0v) is 5.27. The van der Waals surface area contributed by atoms with Crippen molar-refractivity contribution in [2.75, 3.05) is 6.61 Å². The second kappa shape index (κ2) is 1.53. The van der Waals surface area contributed by atoms with Crippen LogP contribution in [0.15, 0.2) is 0 Å². The average Bonchev–Trinajstić information content (AvgIpc) is 2.61. The van der Waals surface area contributed by atoms with Crippen molar-refractivity contribution in [3.05, 3.63) is 0 Å². The van der Waals surface area contributed by atoms with Gasteiger partial charge in [0.25, 0.3) is 0 Å². The van der Waals surface area contributed by atoms with Gasteiger partial charge in [0.1, 0.15) is 24.4 Å². The zero-order chi connectivity index (χ0) is 6.72. The number of aliphatic hydroxyl groups excluding tert-OH is 1. The van der Waals surface area contributed by atoms with Gasteiger partial charge in [-0.25, -0.2) is 0 Å². The molecule has 1 N–H and O–H groups in total. The fourth-order valence-corrected chi connectivity index (χ4v) is 1.66. The molecule has 0 unspecified atom stereocenters. The second-order valence-electron chi connectivity index (χ2n) is 2.93. The van der Waals surface area contributed by atoms with Gasteiger partial charge in [0.05, 0.1) is 6.61 Å². The average molecular weight is 144 g/mol. The van der Waals surface area contributed by atoms with Gasteiger partial charge in [-0.15, -0.1) is 0 Å². The molecule has 0 aromatic carbocycles. The molecule has 10 heavy (non-hydrogen) atoms. The number of aliphatic hydroxyl groups is 1. The van der Waals surface area contributed by atoms with Crippen LogP contribution in [0, 0.1) is 0 Å². The lowest BCUT2D eigenvalue weighted by atomic mass is 10.1. The van der Waals surface area contributed by atoms with Gasteiger partial charge in [0.2, 0.25) is 0 Å². The van der Waals surface area contributed by atoms with Crippen LogP contribution in [0.5, 0.6) is 0 Å². The van der Waals surface area contributed by atoms with Crippen molar-refractivity contribution >= 4 is 0 Å². The highest BCUT2D eigenvalue weighted by Gasteiger charge is 2.60. The predicted molar refractivity (Wildman–Crippen MR) is 29.3 cm³/mol. The summed E-state index contributed by atoms with van der Waals surface area (Å²) >= 11 is 0.